The Labute approximate surface area is 381 Å². The second-order valence-corrected chi connectivity index (χ2v) is 17.3. The first-order valence-electron chi connectivity index (χ1n) is 21.9. The normalized spacial score (nSPS) is 17.4. The van der Waals surface area contributed by atoms with Gasteiger partial charge in [-0.1, -0.05) is 26.5 Å². The van der Waals surface area contributed by atoms with E-state index in [1.165, 1.54) is 23.0 Å². The summed E-state index contributed by atoms with van der Waals surface area (Å²) in [6.07, 6.45) is 10.1. The minimum atomic E-state index is -1.72. The number of likely N-dealkylation sites (tertiary alicyclic amines) is 1. The molecule has 346 valence electrons. The molecule has 2 saturated heterocycles. The molecule has 2 aliphatic rings. The van der Waals surface area contributed by atoms with Crippen molar-refractivity contribution in [3.8, 4) is 17.0 Å². The molecule has 2 aliphatic heterocycles. The van der Waals surface area contributed by atoms with Gasteiger partial charge in [0.2, 0.25) is 11.6 Å². The molecule has 0 aliphatic carbocycles. The van der Waals surface area contributed by atoms with Gasteiger partial charge in [0.1, 0.15) is 48.5 Å². The van der Waals surface area contributed by atoms with Crippen molar-refractivity contribution in [1.29, 1.82) is 0 Å². The summed E-state index contributed by atoms with van der Waals surface area (Å²) in [7, 11) is 8.44. The van der Waals surface area contributed by atoms with E-state index in [1.807, 2.05) is 44.7 Å². The number of aromatic amines is 1. The van der Waals surface area contributed by atoms with Crippen LogP contribution in [0.1, 0.15) is 71.3 Å². The van der Waals surface area contributed by atoms with Crippen LogP contribution in [0.3, 0.4) is 0 Å². The number of aliphatic hydroxyl groups is 1. The zero-order valence-corrected chi connectivity index (χ0v) is 38.5. The highest BCUT2D eigenvalue weighted by atomic mass is 32.2. The SMILES string of the molecule is C=CNCCC=O.CC.[B]C(O)(C1CCCN(S(=O)c2ccc(Nc3nc4c(OC(C)C)c(-c5cn[nH]c5)ncn4n3)c(F)c2)C1)N1CCC(c2ccc3c(NC)nn(C)c3c2F)CC1. The van der Waals surface area contributed by atoms with E-state index in [4.69, 9.17) is 12.6 Å². The topological polar surface area (TPSA) is 196 Å². The lowest BCUT2D eigenvalue weighted by atomic mass is 9.73. The summed E-state index contributed by atoms with van der Waals surface area (Å²) in [6.45, 7) is 13.6. The number of aryl methyl sites for hydroxylation is 1. The molecule has 3 atom stereocenters. The third kappa shape index (κ3) is 10.9. The van der Waals surface area contributed by atoms with Gasteiger partial charge in [-0.05, 0) is 81.5 Å². The number of nitrogens with zero attached hydrogens (tertiary/aromatic N) is 9. The monoisotopic (exact) mass is 913 g/mol. The third-order valence-electron chi connectivity index (χ3n) is 11.3. The van der Waals surface area contributed by atoms with Gasteiger partial charge in [0.05, 0.1) is 28.5 Å². The van der Waals surface area contributed by atoms with Gasteiger partial charge in [0.15, 0.2) is 17.4 Å². The van der Waals surface area contributed by atoms with E-state index in [2.05, 4.69) is 52.9 Å². The summed E-state index contributed by atoms with van der Waals surface area (Å²) in [5.74, 6) is -0.229. The lowest BCUT2D eigenvalue weighted by molar-refractivity contribution is -0.107. The maximum atomic E-state index is 15.8. The summed E-state index contributed by atoms with van der Waals surface area (Å²) in [6, 6.07) is 8.05. The average Bonchev–Trinajstić information content (AvgIpc) is 4.08. The first-order chi connectivity index (χ1) is 31.3. The molecule has 3 unspecified atom stereocenters. The molecule has 0 spiro atoms. The second kappa shape index (κ2) is 21.9. The Kier molecular flexibility index (Phi) is 16.4. The van der Waals surface area contributed by atoms with E-state index in [9.17, 15) is 14.1 Å². The Morgan fingerprint density at radius 1 is 1.14 bits per heavy atom. The Morgan fingerprint density at radius 2 is 1.91 bits per heavy atom. The van der Waals surface area contributed by atoms with Crippen molar-refractivity contribution in [2.75, 3.05) is 50.4 Å². The van der Waals surface area contributed by atoms with E-state index in [0.29, 0.717) is 97.8 Å². The Balaban J connectivity index is 0.000000712. The standard InChI is InChI=1S/C37H43BF2N12O3S.C5H9NO.C2H6/c1-21(2)55-33-31(23-17-43-44-18-23)42-20-52-35(33)46-36(48-52)45-29-10-7-25(16-28(29)39)56(54)51-13-5-6-24(19-51)37(38,53)50-14-11-22(12-15-50)26-8-9-27-32(30(26)40)49(4)47-34(27)41-3;1-2-6-4-3-5-7;1-2/h7-10,16-18,20-22,24,53H,5-6,11-15,19H2,1-4H3,(H,41,47)(H,43,44)(H,45,48);2,5-6H,1,3-4H2;1-2H3. The summed E-state index contributed by atoms with van der Waals surface area (Å²) in [5.41, 5.74) is 1.14. The molecule has 0 amide bonds. The lowest BCUT2D eigenvalue weighted by Crippen LogP contribution is -2.60. The Morgan fingerprint density at radius 3 is 2.57 bits per heavy atom. The van der Waals surface area contributed by atoms with Gasteiger partial charge in [0.25, 0.3) is 0 Å². The number of benzene rings is 2. The second-order valence-electron chi connectivity index (χ2n) is 15.8. The molecule has 8 rings (SSSR count). The van der Waals surface area contributed by atoms with Crippen molar-refractivity contribution in [3.05, 3.63) is 79.0 Å². The maximum Gasteiger partial charge on any atom is 0.247 e. The smallest absolute Gasteiger partial charge is 0.247 e. The van der Waals surface area contributed by atoms with Crippen LogP contribution in [0.4, 0.5) is 26.2 Å². The zero-order chi connectivity index (χ0) is 46.8. The molecule has 2 fully saturated rings. The number of hydrogen-bond donors (Lipinski definition) is 5. The highest BCUT2D eigenvalue weighted by Gasteiger charge is 2.42. The highest BCUT2D eigenvalue weighted by molar-refractivity contribution is 7.82. The molecule has 4 aromatic heterocycles. The molecular weight excluding hydrogens is 855 g/mol. The van der Waals surface area contributed by atoms with Crippen LogP contribution >= 0.6 is 0 Å². The Bertz CT molecular complexity index is 2560. The maximum absolute atomic E-state index is 15.8. The molecule has 21 heteroatoms. The number of fused-ring (bicyclic) bond motifs is 2. The van der Waals surface area contributed by atoms with E-state index < -0.39 is 28.3 Å². The number of carbonyl (C=O) groups excluding carboxylic acids is 1. The summed E-state index contributed by atoms with van der Waals surface area (Å²) >= 11 is 0. The molecule has 0 saturated carbocycles. The largest absolute Gasteiger partial charge is 0.485 e. The molecule has 2 radical (unpaired) electrons. The predicted octanol–water partition coefficient (Wildman–Crippen LogP) is 6.02. The van der Waals surface area contributed by atoms with E-state index in [0.717, 1.165) is 11.7 Å². The van der Waals surface area contributed by atoms with E-state index in [1.54, 1.807) is 47.7 Å². The number of halogens is 2. The van der Waals surface area contributed by atoms with Gasteiger partial charge in [-0.15, -0.1) is 5.10 Å². The van der Waals surface area contributed by atoms with E-state index >= 15 is 8.78 Å². The fourth-order valence-electron chi connectivity index (χ4n) is 8.13. The number of piperidine rings is 2. The first-order valence-corrected chi connectivity index (χ1v) is 23.0. The van der Waals surface area contributed by atoms with E-state index in [-0.39, 0.29) is 40.9 Å². The number of aldehydes is 1. The van der Waals surface area contributed by atoms with Crippen LogP contribution in [0.25, 0.3) is 27.8 Å². The van der Waals surface area contributed by atoms with Crippen molar-refractivity contribution >= 4 is 59.1 Å². The van der Waals surface area contributed by atoms with Crippen molar-refractivity contribution < 1.29 is 27.6 Å². The van der Waals surface area contributed by atoms with Crippen LogP contribution in [-0.4, -0.2) is 124 Å². The molecule has 6 aromatic rings. The minimum Gasteiger partial charge on any atom is -0.485 e. The Hall–Kier alpha value is -5.77. The molecule has 17 nitrogen and oxygen atoms in total. The van der Waals surface area contributed by atoms with Gasteiger partial charge in [-0.2, -0.15) is 19.7 Å². The fourth-order valence-corrected chi connectivity index (χ4v) is 9.42. The number of rotatable bonds is 15. The number of carbonyl (C=O) groups is 1. The summed E-state index contributed by atoms with van der Waals surface area (Å²) in [4.78, 5) is 20.8. The molecule has 6 heterocycles. The van der Waals surface area contributed by atoms with Crippen LogP contribution in [-0.2, 0) is 22.8 Å². The first kappa shape index (κ1) is 48.7. The van der Waals surface area contributed by atoms with Crippen molar-refractivity contribution in [1.82, 2.24) is 54.1 Å². The van der Waals surface area contributed by atoms with Crippen molar-refractivity contribution in [3.63, 3.8) is 0 Å². The molecular formula is C44H58BF2N13O4S. The van der Waals surface area contributed by atoms with Crippen LogP contribution in [0, 0.1) is 17.6 Å². The van der Waals surface area contributed by atoms with Crippen LogP contribution < -0.4 is 20.7 Å². The third-order valence-corrected chi connectivity index (χ3v) is 12.7. The van der Waals surface area contributed by atoms with Gasteiger partial charge >= 0.3 is 0 Å². The van der Waals surface area contributed by atoms with Gasteiger partial charge in [0, 0.05) is 76.3 Å². The fraction of sp³-hybridized carbons (Fsp3) is 0.455. The number of H-pyrrole nitrogens is 1. The van der Waals surface area contributed by atoms with Crippen LogP contribution in [0.15, 0.2) is 66.7 Å². The molecule has 2 aromatic carbocycles. The average molecular weight is 914 g/mol. The predicted molar refractivity (Wildman–Crippen MR) is 249 cm³/mol. The molecule has 5 N–H and O–H groups in total. The minimum absolute atomic E-state index is 0.0422. The van der Waals surface area contributed by atoms with Gasteiger partial charge < -0.3 is 30.6 Å². The number of hydrogen-bond acceptors (Lipinski definition) is 13. The number of nitrogens with one attached hydrogen (secondary N) is 4. The van der Waals surface area contributed by atoms with Crippen molar-refractivity contribution in [2.45, 2.75) is 82.3 Å². The van der Waals surface area contributed by atoms with Gasteiger partial charge in [-0.3, -0.25) is 14.7 Å². The molecule has 0 bridgehead atoms. The summed E-state index contributed by atoms with van der Waals surface area (Å²) in [5, 5.41) is 36.8. The van der Waals surface area contributed by atoms with Gasteiger partial charge in [-0.25, -0.2) is 22.3 Å². The number of aromatic nitrogens is 8. The number of anilines is 3. The van der Waals surface area contributed by atoms with Crippen molar-refractivity contribution in [2.24, 2.45) is 13.0 Å². The molecule has 65 heavy (non-hydrogen) atoms. The number of ether oxygens (including phenoxy) is 1. The lowest BCUT2D eigenvalue weighted by Gasteiger charge is -2.49. The highest BCUT2D eigenvalue weighted by Crippen LogP contribution is 2.39. The summed E-state index contributed by atoms with van der Waals surface area (Å²) < 4.78 is 56.0. The quantitative estimate of drug-likeness (QED) is 0.0457. The zero-order valence-electron chi connectivity index (χ0n) is 37.7. The van der Waals surface area contributed by atoms with Crippen LogP contribution in [0.5, 0.6) is 5.75 Å². The van der Waals surface area contributed by atoms with Crippen LogP contribution in [0.2, 0.25) is 0 Å².